The van der Waals surface area contributed by atoms with Gasteiger partial charge in [-0.25, -0.2) is 0 Å². The molecule has 2 aromatic carbocycles. The van der Waals surface area contributed by atoms with Gasteiger partial charge in [-0.2, -0.15) is 0 Å². The fraction of sp³-hybridized carbons (Fsp3) is 0.348. The van der Waals surface area contributed by atoms with Crippen LogP contribution in [0.5, 0.6) is 11.5 Å². The van der Waals surface area contributed by atoms with Gasteiger partial charge in [0.25, 0.3) is 0 Å². The van der Waals surface area contributed by atoms with E-state index in [1.54, 1.807) is 32.4 Å². The lowest BCUT2D eigenvalue weighted by molar-refractivity contribution is -0.113. The van der Waals surface area contributed by atoms with Crippen molar-refractivity contribution in [2.24, 2.45) is 0 Å². The number of hydrogen-bond donors (Lipinski definition) is 1. The van der Waals surface area contributed by atoms with E-state index >= 15 is 0 Å². The minimum absolute atomic E-state index is 0.162. The molecule has 0 aliphatic heterocycles. The average molecular weight is 441 g/mol. The average Bonchev–Trinajstić information content (AvgIpc) is 3.20. The predicted octanol–water partition coefficient (Wildman–Crippen LogP) is 4.84. The molecule has 0 aliphatic rings. The number of rotatable bonds is 9. The van der Waals surface area contributed by atoms with E-state index in [4.69, 9.17) is 9.47 Å². The fourth-order valence-corrected chi connectivity index (χ4v) is 3.94. The quantitative estimate of drug-likeness (QED) is 0.480. The Morgan fingerprint density at radius 3 is 2.45 bits per heavy atom. The number of nitrogens with zero attached hydrogens (tertiary/aromatic N) is 3. The molecule has 0 atom stereocenters. The lowest BCUT2D eigenvalue weighted by atomic mass is 10.0. The Hall–Kier alpha value is -3.00. The summed E-state index contributed by atoms with van der Waals surface area (Å²) in [6, 6.07) is 13.7. The molecule has 0 spiro atoms. The van der Waals surface area contributed by atoms with Crippen LogP contribution in [0.3, 0.4) is 0 Å². The maximum Gasteiger partial charge on any atom is 0.234 e. The molecular formula is C23H28N4O3S. The van der Waals surface area contributed by atoms with Gasteiger partial charge in [-0.05, 0) is 30.5 Å². The number of anilines is 1. The molecule has 3 aromatic rings. The molecule has 0 radical (unpaired) electrons. The van der Waals surface area contributed by atoms with E-state index in [0.29, 0.717) is 34.8 Å². The predicted molar refractivity (Wildman–Crippen MR) is 124 cm³/mol. The zero-order valence-electron chi connectivity index (χ0n) is 18.5. The Balaban J connectivity index is 1.70. The molecule has 0 fully saturated rings. The first-order valence-electron chi connectivity index (χ1n) is 10.1. The number of amides is 1. The fourth-order valence-electron chi connectivity index (χ4n) is 3.14. The molecule has 164 valence electrons. The molecule has 31 heavy (non-hydrogen) atoms. The van der Waals surface area contributed by atoms with E-state index in [-0.39, 0.29) is 11.7 Å². The maximum absolute atomic E-state index is 12.5. The van der Waals surface area contributed by atoms with E-state index in [1.165, 1.54) is 17.3 Å². The normalized spacial score (nSPS) is 10.9. The maximum atomic E-state index is 12.5. The van der Waals surface area contributed by atoms with E-state index in [9.17, 15) is 4.79 Å². The summed E-state index contributed by atoms with van der Waals surface area (Å²) >= 11 is 1.35. The highest BCUT2D eigenvalue weighted by Gasteiger charge is 2.16. The highest BCUT2D eigenvalue weighted by atomic mass is 32.2. The molecule has 0 aliphatic carbocycles. The lowest BCUT2D eigenvalue weighted by Crippen LogP contribution is -2.15. The van der Waals surface area contributed by atoms with Gasteiger partial charge in [0.2, 0.25) is 5.91 Å². The summed E-state index contributed by atoms with van der Waals surface area (Å²) in [4.78, 5) is 12.5. The van der Waals surface area contributed by atoms with Crippen molar-refractivity contribution < 1.29 is 14.3 Å². The number of ether oxygens (including phenoxy) is 2. The second-order valence-corrected chi connectivity index (χ2v) is 8.17. The number of hydrogen-bond acceptors (Lipinski definition) is 6. The minimum Gasteiger partial charge on any atom is -0.497 e. The van der Waals surface area contributed by atoms with Crippen molar-refractivity contribution in [3.63, 3.8) is 0 Å². The highest BCUT2D eigenvalue weighted by Crippen LogP contribution is 2.30. The molecular weight excluding hydrogens is 412 g/mol. The van der Waals surface area contributed by atoms with Gasteiger partial charge in [-0.15, -0.1) is 10.2 Å². The highest BCUT2D eigenvalue weighted by molar-refractivity contribution is 7.99. The second kappa shape index (κ2) is 10.3. The number of methoxy groups -OCH3 is 2. The first-order valence-corrected chi connectivity index (χ1v) is 11.1. The standard InChI is InChI=1S/C23H28N4O3S/c1-6-27-22(17-9-7-16(8-10-17)15(2)3)25-26-23(27)31-14-21(28)24-19-13-18(29-4)11-12-20(19)30-5/h7-13,15H,6,14H2,1-5H3,(H,24,28). The lowest BCUT2D eigenvalue weighted by Gasteiger charge is -2.12. The van der Waals surface area contributed by atoms with Crippen LogP contribution in [-0.2, 0) is 11.3 Å². The number of carbonyl (C=O) groups excluding carboxylic acids is 1. The first-order chi connectivity index (χ1) is 15.0. The van der Waals surface area contributed by atoms with Crippen LogP contribution in [0.2, 0.25) is 0 Å². The van der Waals surface area contributed by atoms with Crippen molar-refractivity contribution in [3.8, 4) is 22.9 Å². The van der Waals surface area contributed by atoms with E-state index in [0.717, 1.165) is 11.4 Å². The molecule has 1 heterocycles. The molecule has 1 amide bonds. The molecule has 0 saturated heterocycles. The topological polar surface area (TPSA) is 78.3 Å². The summed E-state index contributed by atoms with van der Waals surface area (Å²) in [5, 5.41) is 12.3. The first kappa shape index (κ1) is 22.7. The Morgan fingerprint density at radius 1 is 1.10 bits per heavy atom. The molecule has 0 bridgehead atoms. The van der Waals surface area contributed by atoms with Gasteiger partial charge in [0.15, 0.2) is 11.0 Å². The summed E-state index contributed by atoms with van der Waals surface area (Å²) < 4.78 is 12.6. The van der Waals surface area contributed by atoms with Gasteiger partial charge in [-0.1, -0.05) is 49.9 Å². The number of thioether (sulfide) groups is 1. The largest absolute Gasteiger partial charge is 0.497 e. The monoisotopic (exact) mass is 440 g/mol. The van der Waals surface area contributed by atoms with Gasteiger partial charge < -0.3 is 19.4 Å². The van der Waals surface area contributed by atoms with Crippen molar-refractivity contribution in [1.82, 2.24) is 14.8 Å². The number of aromatic nitrogens is 3. The van der Waals surface area contributed by atoms with Crippen LogP contribution >= 0.6 is 11.8 Å². The van der Waals surface area contributed by atoms with Crippen LogP contribution in [-0.4, -0.2) is 40.6 Å². The third kappa shape index (κ3) is 5.38. The van der Waals surface area contributed by atoms with Crippen LogP contribution in [0.15, 0.2) is 47.6 Å². The van der Waals surface area contributed by atoms with Crippen LogP contribution in [0.25, 0.3) is 11.4 Å². The van der Waals surface area contributed by atoms with Crippen LogP contribution < -0.4 is 14.8 Å². The molecule has 0 unspecified atom stereocenters. The zero-order chi connectivity index (χ0) is 22.4. The molecule has 0 saturated carbocycles. The van der Waals surface area contributed by atoms with Crippen molar-refractivity contribution >= 4 is 23.4 Å². The second-order valence-electron chi connectivity index (χ2n) is 7.23. The third-order valence-corrected chi connectivity index (χ3v) is 5.85. The van der Waals surface area contributed by atoms with E-state index < -0.39 is 0 Å². The summed E-state index contributed by atoms with van der Waals surface area (Å²) in [5.74, 6) is 2.53. The van der Waals surface area contributed by atoms with E-state index in [1.807, 2.05) is 11.5 Å². The third-order valence-electron chi connectivity index (χ3n) is 4.88. The van der Waals surface area contributed by atoms with Crippen molar-refractivity contribution in [2.45, 2.75) is 38.4 Å². The van der Waals surface area contributed by atoms with Crippen molar-refractivity contribution in [3.05, 3.63) is 48.0 Å². The molecule has 1 N–H and O–H groups in total. The van der Waals surface area contributed by atoms with Gasteiger partial charge in [-0.3, -0.25) is 4.79 Å². The molecule has 8 heteroatoms. The van der Waals surface area contributed by atoms with E-state index in [2.05, 4.69) is 53.6 Å². The summed E-state index contributed by atoms with van der Waals surface area (Å²) in [5.41, 5.74) is 2.86. The minimum atomic E-state index is -0.162. The Bertz CT molecular complexity index is 1030. The Morgan fingerprint density at radius 2 is 1.84 bits per heavy atom. The van der Waals surface area contributed by atoms with Gasteiger partial charge >= 0.3 is 0 Å². The van der Waals surface area contributed by atoms with Gasteiger partial charge in [0, 0.05) is 18.2 Å². The molecule has 3 rings (SSSR count). The molecule has 7 nitrogen and oxygen atoms in total. The molecule has 1 aromatic heterocycles. The number of nitrogens with one attached hydrogen (secondary N) is 1. The summed E-state index contributed by atoms with van der Waals surface area (Å²) in [6.07, 6.45) is 0. The van der Waals surface area contributed by atoms with Crippen molar-refractivity contribution in [2.75, 3.05) is 25.3 Å². The summed E-state index contributed by atoms with van der Waals surface area (Å²) in [6.45, 7) is 7.09. The van der Waals surface area contributed by atoms with Gasteiger partial charge in [0.05, 0.1) is 25.7 Å². The number of carbonyl (C=O) groups is 1. The number of benzene rings is 2. The van der Waals surface area contributed by atoms with Gasteiger partial charge in [0.1, 0.15) is 11.5 Å². The smallest absolute Gasteiger partial charge is 0.234 e. The zero-order valence-corrected chi connectivity index (χ0v) is 19.3. The van der Waals surface area contributed by atoms with Crippen LogP contribution in [0.4, 0.5) is 5.69 Å². The Labute approximate surface area is 187 Å². The summed E-state index contributed by atoms with van der Waals surface area (Å²) in [7, 11) is 3.14. The van der Waals surface area contributed by atoms with Crippen molar-refractivity contribution in [1.29, 1.82) is 0 Å². The Kier molecular flexibility index (Phi) is 7.57. The van der Waals surface area contributed by atoms with Crippen LogP contribution in [0.1, 0.15) is 32.3 Å². The van der Waals surface area contributed by atoms with Crippen LogP contribution in [0, 0.1) is 0 Å². The SMILES string of the molecule is CCn1c(SCC(=O)Nc2cc(OC)ccc2OC)nnc1-c1ccc(C(C)C)cc1.